The van der Waals surface area contributed by atoms with E-state index in [9.17, 15) is 22.8 Å². The van der Waals surface area contributed by atoms with Gasteiger partial charge >= 0.3 is 6.18 Å². The van der Waals surface area contributed by atoms with Crippen molar-refractivity contribution in [3.8, 4) is 5.75 Å². The van der Waals surface area contributed by atoms with Crippen LogP contribution < -0.4 is 15.4 Å². The van der Waals surface area contributed by atoms with E-state index in [0.717, 1.165) is 18.2 Å². The van der Waals surface area contributed by atoms with Crippen molar-refractivity contribution in [2.75, 3.05) is 17.7 Å². The van der Waals surface area contributed by atoms with Gasteiger partial charge in [0.2, 0.25) is 0 Å². The maximum absolute atomic E-state index is 12.9. The summed E-state index contributed by atoms with van der Waals surface area (Å²) in [4.78, 5) is 25.2. The summed E-state index contributed by atoms with van der Waals surface area (Å²) in [5.41, 5.74) is -0.373. The zero-order valence-electron chi connectivity index (χ0n) is 15.8. The van der Waals surface area contributed by atoms with Crippen LogP contribution in [0.5, 0.6) is 5.75 Å². The van der Waals surface area contributed by atoms with Crippen LogP contribution in [0, 0.1) is 0 Å². The average Bonchev–Trinajstić information content (AvgIpc) is 2.74. The van der Waals surface area contributed by atoms with Crippen LogP contribution in [0.2, 0.25) is 0 Å². The second-order valence-corrected chi connectivity index (χ2v) is 6.23. The highest BCUT2D eigenvalue weighted by molar-refractivity contribution is 6.12. The molecule has 2 N–H and O–H groups in total. The van der Waals surface area contributed by atoms with E-state index in [1.807, 2.05) is 0 Å². The van der Waals surface area contributed by atoms with Crippen molar-refractivity contribution in [3.63, 3.8) is 0 Å². The van der Waals surface area contributed by atoms with E-state index in [1.54, 1.807) is 36.4 Å². The fourth-order valence-corrected chi connectivity index (χ4v) is 2.76. The second-order valence-electron chi connectivity index (χ2n) is 6.23. The molecule has 3 aromatic carbocycles. The van der Waals surface area contributed by atoms with Gasteiger partial charge in [-0.15, -0.1) is 0 Å². The molecule has 3 aromatic rings. The van der Waals surface area contributed by atoms with Crippen LogP contribution in [-0.2, 0) is 6.18 Å². The third-order valence-electron chi connectivity index (χ3n) is 4.23. The predicted octanol–water partition coefficient (Wildman–Crippen LogP) is 5.22. The molecular weight excluding hydrogens is 397 g/mol. The Hall–Kier alpha value is -3.81. The van der Waals surface area contributed by atoms with E-state index in [2.05, 4.69) is 10.6 Å². The van der Waals surface area contributed by atoms with Gasteiger partial charge < -0.3 is 15.4 Å². The van der Waals surface area contributed by atoms with E-state index in [1.165, 1.54) is 25.3 Å². The number of hydrogen-bond acceptors (Lipinski definition) is 3. The molecule has 30 heavy (non-hydrogen) atoms. The first-order valence-corrected chi connectivity index (χ1v) is 8.81. The van der Waals surface area contributed by atoms with Gasteiger partial charge in [0.05, 0.1) is 29.6 Å². The number of alkyl halides is 3. The summed E-state index contributed by atoms with van der Waals surface area (Å²) in [5.74, 6) is -0.825. The Bertz CT molecular complexity index is 1080. The van der Waals surface area contributed by atoms with E-state index in [-0.39, 0.29) is 16.8 Å². The molecule has 5 nitrogen and oxygen atoms in total. The molecule has 2 amide bonds. The smallest absolute Gasteiger partial charge is 0.416 e. The number of nitrogens with one attached hydrogen (secondary N) is 2. The Morgan fingerprint density at radius 2 is 1.43 bits per heavy atom. The first kappa shape index (κ1) is 20.9. The van der Waals surface area contributed by atoms with E-state index < -0.39 is 23.6 Å². The van der Waals surface area contributed by atoms with Crippen molar-refractivity contribution in [1.82, 2.24) is 0 Å². The summed E-state index contributed by atoms with van der Waals surface area (Å²) >= 11 is 0. The normalized spacial score (nSPS) is 10.9. The number of hydrogen-bond donors (Lipinski definition) is 2. The summed E-state index contributed by atoms with van der Waals surface area (Å²) < 4.78 is 43.9. The molecule has 0 saturated heterocycles. The molecule has 154 valence electrons. The third-order valence-corrected chi connectivity index (χ3v) is 4.23. The number of amides is 2. The lowest BCUT2D eigenvalue weighted by Crippen LogP contribution is -2.19. The van der Waals surface area contributed by atoms with Gasteiger partial charge in [0.1, 0.15) is 5.75 Å². The van der Waals surface area contributed by atoms with Crippen LogP contribution in [0.3, 0.4) is 0 Å². The number of ether oxygens (including phenoxy) is 1. The minimum Gasteiger partial charge on any atom is -0.495 e. The lowest BCUT2D eigenvalue weighted by Gasteiger charge is -2.14. The monoisotopic (exact) mass is 414 g/mol. The molecule has 3 rings (SSSR count). The van der Waals surface area contributed by atoms with E-state index in [0.29, 0.717) is 11.4 Å². The molecule has 0 spiro atoms. The zero-order valence-corrected chi connectivity index (χ0v) is 15.8. The minimum absolute atomic E-state index is 0.142. The van der Waals surface area contributed by atoms with Crippen LogP contribution >= 0.6 is 0 Å². The third kappa shape index (κ3) is 4.78. The first-order chi connectivity index (χ1) is 14.3. The summed E-state index contributed by atoms with van der Waals surface area (Å²) in [7, 11) is 1.47. The Morgan fingerprint density at radius 1 is 0.800 bits per heavy atom. The topological polar surface area (TPSA) is 67.4 Å². The summed E-state index contributed by atoms with van der Waals surface area (Å²) in [6, 6.07) is 17.0. The number of para-hydroxylation sites is 3. The molecular formula is C22H17F3N2O3. The Balaban J connectivity index is 1.83. The summed E-state index contributed by atoms with van der Waals surface area (Å²) in [6.45, 7) is 0. The molecule has 0 aliphatic rings. The maximum Gasteiger partial charge on any atom is 0.416 e. The highest BCUT2D eigenvalue weighted by Crippen LogP contribution is 2.30. The van der Waals surface area contributed by atoms with Gasteiger partial charge in [0.25, 0.3) is 11.8 Å². The average molecular weight is 414 g/mol. The van der Waals surface area contributed by atoms with Gasteiger partial charge in [-0.3, -0.25) is 9.59 Å². The molecule has 0 heterocycles. The fraction of sp³-hybridized carbons (Fsp3) is 0.0909. The standard InChI is InChI=1S/C22H17F3N2O3/c1-30-19-12-5-4-11-18(19)27-21(29)16-9-2-3-10-17(16)26-20(28)14-7-6-8-15(13-14)22(23,24)25/h2-13H,1H3,(H,26,28)(H,27,29). The minimum atomic E-state index is -4.57. The Kier molecular flexibility index (Phi) is 6.06. The molecule has 0 unspecified atom stereocenters. The van der Waals surface area contributed by atoms with Gasteiger partial charge in [-0.05, 0) is 42.5 Å². The van der Waals surface area contributed by atoms with Gasteiger partial charge in [-0.2, -0.15) is 13.2 Å². The zero-order chi connectivity index (χ0) is 21.7. The van der Waals surface area contributed by atoms with E-state index >= 15 is 0 Å². The lowest BCUT2D eigenvalue weighted by atomic mass is 10.1. The highest BCUT2D eigenvalue weighted by atomic mass is 19.4. The van der Waals surface area contributed by atoms with Gasteiger partial charge in [0.15, 0.2) is 0 Å². The molecule has 0 radical (unpaired) electrons. The van der Waals surface area contributed by atoms with Crippen molar-refractivity contribution < 1.29 is 27.5 Å². The number of rotatable bonds is 5. The number of benzene rings is 3. The fourth-order valence-electron chi connectivity index (χ4n) is 2.76. The van der Waals surface area contributed by atoms with Crippen LogP contribution in [0.4, 0.5) is 24.5 Å². The number of carbonyl (C=O) groups is 2. The molecule has 8 heteroatoms. The van der Waals surface area contributed by atoms with Crippen LogP contribution in [-0.4, -0.2) is 18.9 Å². The molecule has 0 fully saturated rings. The maximum atomic E-state index is 12.9. The molecule has 0 atom stereocenters. The molecule has 0 aliphatic heterocycles. The van der Waals surface area contributed by atoms with Crippen molar-refractivity contribution in [2.24, 2.45) is 0 Å². The van der Waals surface area contributed by atoms with Gasteiger partial charge in [-0.1, -0.05) is 30.3 Å². The largest absolute Gasteiger partial charge is 0.495 e. The van der Waals surface area contributed by atoms with Crippen LogP contribution in [0.25, 0.3) is 0 Å². The number of anilines is 2. The molecule has 0 aliphatic carbocycles. The number of methoxy groups -OCH3 is 1. The number of carbonyl (C=O) groups excluding carboxylic acids is 2. The summed E-state index contributed by atoms with van der Waals surface area (Å²) in [5, 5.41) is 5.20. The second kappa shape index (κ2) is 8.69. The number of halogens is 3. The lowest BCUT2D eigenvalue weighted by molar-refractivity contribution is -0.137. The highest BCUT2D eigenvalue weighted by Gasteiger charge is 2.31. The Morgan fingerprint density at radius 3 is 2.13 bits per heavy atom. The van der Waals surface area contributed by atoms with Crippen molar-refractivity contribution in [3.05, 3.63) is 89.5 Å². The van der Waals surface area contributed by atoms with E-state index in [4.69, 9.17) is 4.74 Å². The first-order valence-electron chi connectivity index (χ1n) is 8.81. The van der Waals surface area contributed by atoms with Gasteiger partial charge in [0, 0.05) is 5.56 Å². The van der Waals surface area contributed by atoms with Crippen LogP contribution in [0.15, 0.2) is 72.8 Å². The summed E-state index contributed by atoms with van der Waals surface area (Å²) in [6.07, 6.45) is -4.57. The van der Waals surface area contributed by atoms with Crippen molar-refractivity contribution in [2.45, 2.75) is 6.18 Å². The van der Waals surface area contributed by atoms with Crippen molar-refractivity contribution >= 4 is 23.2 Å². The quantitative estimate of drug-likeness (QED) is 0.602. The molecule has 0 aromatic heterocycles. The Labute approximate surface area is 170 Å². The van der Waals surface area contributed by atoms with Gasteiger partial charge in [-0.25, -0.2) is 0 Å². The molecule has 0 bridgehead atoms. The molecule has 0 saturated carbocycles. The van der Waals surface area contributed by atoms with Crippen molar-refractivity contribution in [1.29, 1.82) is 0 Å². The SMILES string of the molecule is COc1ccccc1NC(=O)c1ccccc1NC(=O)c1cccc(C(F)(F)F)c1. The predicted molar refractivity (Wildman–Crippen MR) is 107 cm³/mol. The van der Waals surface area contributed by atoms with Crippen LogP contribution in [0.1, 0.15) is 26.3 Å².